The first-order valence-corrected chi connectivity index (χ1v) is 4.45. The monoisotopic (exact) mass is 178 g/mol. The fourth-order valence-corrected chi connectivity index (χ4v) is 1.40. The summed E-state index contributed by atoms with van der Waals surface area (Å²) in [6.45, 7) is 1.65. The van der Waals surface area contributed by atoms with Gasteiger partial charge in [-0.25, -0.2) is 0 Å². The second-order valence-electron chi connectivity index (χ2n) is 3.35. The standard InChI is InChI=1S/C10H14N2O/c1-12(2)8-3-4-9-10(7-8)13-6-5-11-9/h3-4,7,11H,5-6H2,1-2H3. The van der Waals surface area contributed by atoms with E-state index in [9.17, 15) is 0 Å². The lowest BCUT2D eigenvalue weighted by Gasteiger charge is -2.21. The summed E-state index contributed by atoms with van der Waals surface area (Å²) in [5.41, 5.74) is 2.26. The molecule has 1 aromatic rings. The molecule has 0 fully saturated rings. The fraction of sp³-hybridized carbons (Fsp3) is 0.400. The van der Waals surface area contributed by atoms with Crippen molar-refractivity contribution in [3.8, 4) is 5.75 Å². The zero-order valence-electron chi connectivity index (χ0n) is 8.00. The molecule has 3 nitrogen and oxygen atoms in total. The number of anilines is 2. The lowest BCUT2D eigenvalue weighted by Crippen LogP contribution is -2.18. The highest BCUT2D eigenvalue weighted by Crippen LogP contribution is 2.30. The van der Waals surface area contributed by atoms with Crippen LogP contribution < -0.4 is 15.0 Å². The molecule has 70 valence electrons. The summed E-state index contributed by atoms with van der Waals surface area (Å²) in [5.74, 6) is 0.956. The van der Waals surface area contributed by atoms with E-state index in [0.29, 0.717) is 0 Å². The van der Waals surface area contributed by atoms with Gasteiger partial charge in [-0.1, -0.05) is 0 Å². The molecule has 1 heterocycles. The lowest BCUT2D eigenvalue weighted by molar-refractivity contribution is 0.323. The van der Waals surface area contributed by atoms with Crippen LogP contribution in [-0.4, -0.2) is 27.2 Å². The molecular formula is C10H14N2O. The number of rotatable bonds is 1. The first-order chi connectivity index (χ1) is 6.27. The van der Waals surface area contributed by atoms with Crippen LogP contribution in [0.3, 0.4) is 0 Å². The van der Waals surface area contributed by atoms with Gasteiger partial charge in [0.15, 0.2) is 0 Å². The van der Waals surface area contributed by atoms with Crippen LogP contribution in [0, 0.1) is 0 Å². The molecule has 2 rings (SSSR count). The van der Waals surface area contributed by atoms with Crippen LogP contribution in [0.4, 0.5) is 11.4 Å². The minimum Gasteiger partial charge on any atom is -0.490 e. The van der Waals surface area contributed by atoms with E-state index < -0.39 is 0 Å². The third-order valence-electron chi connectivity index (χ3n) is 2.16. The maximum absolute atomic E-state index is 5.53. The van der Waals surface area contributed by atoms with Crippen LogP contribution in [0.15, 0.2) is 18.2 Å². The number of fused-ring (bicyclic) bond motifs is 1. The average Bonchev–Trinajstić information content (AvgIpc) is 2.17. The van der Waals surface area contributed by atoms with Crippen molar-refractivity contribution in [3.05, 3.63) is 18.2 Å². The summed E-state index contributed by atoms with van der Waals surface area (Å²) in [6, 6.07) is 6.20. The van der Waals surface area contributed by atoms with Crippen LogP contribution in [0.5, 0.6) is 5.75 Å². The Labute approximate surface area is 78.3 Å². The Balaban J connectivity index is 2.35. The number of nitrogens with zero attached hydrogens (tertiary/aromatic N) is 1. The number of ether oxygens (including phenoxy) is 1. The largest absolute Gasteiger partial charge is 0.490 e. The van der Waals surface area contributed by atoms with Gasteiger partial charge < -0.3 is 15.0 Å². The van der Waals surface area contributed by atoms with E-state index in [1.54, 1.807) is 0 Å². The Morgan fingerprint density at radius 1 is 1.38 bits per heavy atom. The molecule has 1 N–H and O–H groups in total. The maximum atomic E-state index is 5.53. The van der Waals surface area contributed by atoms with Crippen molar-refractivity contribution in [1.82, 2.24) is 0 Å². The second kappa shape index (κ2) is 3.17. The number of hydrogen-bond donors (Lipinski definition) is 1. The van der Waals surface area contributed by atoms with Gasteiger partial charge in [-0.05, 0) is 12.1 Å². The smallest absolute Gasteiger partial charge is 0.144 e. The first-order valence-electron chi connectivity index (χ1n) is 4.45. The van der Waals surface area contributed by atoms with E-state index >= 15 is 0 Å². The highest BCUT2D eigenvalue weighted by Gasteiger charge is 2.09. The molecule has 0 aromatic heterocycles. The van der Waals surface area contributed by atoms with E-state index in [2.05, 4.69) is 28.4 Å². The number of benzene rings is 1. The number of hydrogen-bond acceptors (Lipinski definition) is 3. The van der Waals surface area contributed by atoms with E-state index in [1.807, 2.05) is 14.1 Å². The highest BCUT2D eigenvalue weighted by atomic mass is 16.5. The zero-order valence-corrected chi connectivity index (χ0v) is 8.00. The van der Waals surface area contributed by atoms with Crippen molar-refractivity contribution in [2.45, 2.75) is 0 Å². The van der Waals surface area contributed by atoms with Crippen LogP contribution in [0.1, 0.15) is 0 Å². The molecular weight excluding hydrogens is 164 g/mol. The third kappa shape index (κ3) is 1.54. The van der Waals surface area contributed by atoms with Crippen LogP contribution in [0.25, 0.3) is 0 Å². The molecule has 3 heteroatoms. The van der Waals surface area contributed by atoms with Gasteiger partial charge in [-0.2, -0.15) is 0 Å². The fourth-order valence-electron chi connectivity index (χ4n) is 1.40. The molecule has 0 amide bonds. The molecule has 0 atom stereocenters. The van der Waals surface area contributed by atoms with Gasteiger partial charge in [0, 0.05) is 32.4 Å². The molecule has 1 aromatic carbocycles. The van der Waals surface area contributed by atoms with Gasteiger partial charge >= 0.3 is 0 Å². The van der Waals surface area contributed by atoms with Gasteiger partial charge in [0.1, 0.15) is 12.4 Å². The highest BCUT2D eigenvalue weighted by molar-refractivity contribution is 5.65. The van der Waals surface area contributed by atoms with Gasteiger partial charge in [-0.3, -0.25) is 0 Å². The van der Waals surface area contributed by atoms with Crippen molar-refractivity contribution in [1.29, 1.82) is 0 Å². The Morgan fingerprint density at radius 2 is 2.23 bits per heavy atom. The zero-order chi connectivity index (χ0) is 9.26. The molecule has 0 unspecified atom stereocenters. The van der Waals surface area contributed by atoms with Crippen LogP contribution >= 0.6 is 0 Å². The Morgan fingerprint density at radius 3 is 3.00 bits per heavy atom. The molecule has 13 heavy (non-hydrogen) atoms. The minimum absolute atomic E-state index is 0.754. The first kappa shape index (κ1) is 8.23. The van der Waals surface area contributed by atoms with Crippen molar-refractivity contribution in [2.24, 2.45) is 0 Å². The topological polar surface area (TPSA) is 24.5 Å². The quantitative estimate of drug-likeness (QED) is 0.706. The predicted molar refractivity (Wildman–Crippen MR) is 54.8 cm³/mol. The maximum Gasteiger partial charge on any atom is 0.144 e. The van der Waals surface area contributed by atoms with Gasteiger partial charge in [-0.15, -0.1) is 0 Å². The normalized spacial score (nSPS) is 14.0. The Hall–Kier alpha value is -1.38. The molecule has 0 aliphatic carbocycles. The SMILES string of the molecule is CN(C)c1ccc2c(c1)OCCN2. The van der Waals surface area contributed by atoms with Crippen LogP contribution in [0.2, 0.25) is 0 Å². The molecule has 1 aliphatic heterocycles. The summed E-state index contributed by atoms with van der Waals surface area (Å²) in [6.07, 6.45) is 0. The van der Waals surface area contributed by atoms with Gasteiger partial charge in [0.2, 0.25) is 0 Å². The summed E-state index contributed by atoms with van der Waals surface area (Å²) in [7, 11) is 4.05. The van der Waals surface area contributed by atoms with E-state index in [4.69, 9.17) is 4.74 Å². The predicted octanol–water partition coefficient (Wildman–Crippen LogP) is 1.56. The minimum atomic E-state index is 0.754. The molecule has 0 spiro atoms. The summed E-state index contributed by atoms with van der Waals surface area (Å²) in [5, 5.41) is 3.29. The van der Waals surface area contributed by atoms with E-state index in [0.717, 1.165) is 24.6 Å². The molecule has 0 radical (unpaired) electrons. The van der Waals surface area contributed by atoms with Crippen molar-refractivity contribution in [3.63, 3.8) is 0 Å². The molecule has 0 saturated heterocycles. The summed E-state index contributed by atoms with van der Waals surface area (Å²) in [4.78, 5) is 2.07. The van der Waals surface area contributed by atoms with E-state index in [-0.39, 0.29) is 0 Å². The molecule has 1 aliphatic rings. The number of nitrogens with one attached hydrogen (secondary N) is 1. The Bertz CT molecular complexity index is 310. The lowest BCUT2D eigenvalue weighted by atomic mass is 10.2. The summed E-state index contributed by atoms with van der Waals surface area (Å²) >= 11 is 0. The van der Waals surface area contributed by atoms with Gasteiger partial charge in [0.25, 0.3) is 0 Å². The third-order valence-corrected chi connectivity index (χ3v) is 2.16. The van der Waals surface area contributed by atoms with Crippen molar-refractivity contribution < 1.29 is 4.74 Å². The second-order valence-corrected chi connectivity index (χ2v) is 3.35. The summed E-state index contributed by atoms with van der Waals surface area (Å²) < 4.78 is 5.53. The molecule has 0 bridgehead atoms. The van der Waals surface area contributed by atoms with E-state index in [1.165, 1.54) is 5.69 Å². The van der Waals surface area contributed by atoms with Crippen molar-refractivity contribution in [2.75, 3.05) is 37.5 Å². The van der Waals surface area contributed by atoms with Gasteiger partial charge in [0.05, 0.1) is 5.69 Å². The Kier molecular flexibility index (Phi) is 2.00. The van der Waals surface area contributed by atoms with Crippen LogP contribution in [-0.2, 0) is 0 Å². The molecule has 0 saturated carbocycles. The van der Waals surface area contributed by atoms with Crippen molar-refractivity contribution >= 4 is 11.4 Å². The average molecular weight is 178 g/mol.